The lowest BCUT2D eigenvalue weighted by atomic mass is 10.1. The molecular weight excluding hydrogens is 202 g/mol. The van der Waals surface area contributed by atoms with Crippen LogP contribution in [0.15, 0.2) is 30.0 Å². The van der Waals surface area contributed by atoms with Crippen LogP contribution in [0.4, 0.5) is 0 Å². The fraction of sp³-hybridized carbons (Fsp3) is 0.200. The zero-order chi connectivity index (χ0) is 10.6. The van der Waals surface area contributed by atoms with Crippen LogP contribution in [-0.4, -0.2) is 10.8 Å². The number of rotatable bonds is 3. The summed E-state index contributed by atoms with van der Waals surface area (Å²) in [6, 6.07) is 7.45. The Morgan fingerprint density at radius 3 is 2.50 bits per heavy atom. The van der Waals surface area contributed by atoms with Gasteiger partial charge in [0.2, 0.25) is 0 Å². The molecule has 1 aromatic carbocycles. The number of hydrogen-bond acceptors (Lipinski definition) is 2. The van der Waals surface area contributed by atoms with Gasteiger partial charge in [0, 0.05) is 6.08 Å². The number of aryl methyl sites for hydroxylation is 1. The molecule has 0 aliphatic carbocycles. The average molecular weight is 212 g/mol. The smallest absolute Gasteiger partial charge is 0.259 e. The van der Waals surface area contributed by atoms with E-state index in [9.17, 15) is 10.1 Å². The third kappa shape index (κ3) is 2.85. The van der Waals surface area contributed by atoms with Crippen LogP contribution >= 0.6 is 11.6 Å². The van der Waals surface area contributed by atoms with Gasteiger partial charge in [-0.15, -0.1) is 11.6 Å². The monoisotopic (exact) mass is 211 g/mol. The fourth-order valence-corrected chi connectivity index (χ4v) is 1.17. The standard InChI is InChI=1S/C10H10ClNO2/c1-8-2-4-9(5-3-8)6-10(7-11)12(13)14/h2-6H,7H2,1H3/b10-6+. The second-order valence-electron chi connectivity index (χ2n) is 2.94. The second-order valence-corrected chi connectivity index (χ2v) is 3.20. The van der Waals surface area contributed by atoms with Crippen molar-refractivity contribution in [1.82, 2.24) is 0 Å². The van der Waals surface area contributed by atoms with Crippen LogP contribution in [0.2, 0.25) is 0 Å². The third-order valence-corrected chi connectivity index (χ3v) is 2.06. The molecule has 1 rings (SSSR count). The number of allylic oxidation sites excluding steroid dienone is 1. The van der Waals surface area contributed by atoms with Crippen LogP contribution in [-0.2, 0) is 0 Å². The highest BCUT2D eigenvalue weighted by molar-refractivity contribution is 6.19. The lowest BCUT2D eigenvalue weighted by molar-refractivity contribution is -0.422. The number of hydrogen-bond donors (Lipinski definition) is 0. The number of nitrogens with zero attached hydrogens (tertiary/aromatic N) is 1. The van der Waals surface area contributed by atoms with E-state index in [1.807, 2.05) is 31.2 Å². The molecule has 0 aliphatic rings. The summed E-state index contributed by atoms with van der Waals surface area (Å²) in [5, 5.41) is 10.5. The molecule has 3 nitrogen and oxygen atoms in total. The largest absolute Gasteiger partial charge is 0.261 e. The Labute approximate surface area is 87.2 Å². The lowest BCUT2D eigenvalue weighted by Crippen LogP contribution is -1.99. The molecule has 0 atom stereocenters. The fourth-order valence-electron chi connectivity index (χ4n) is 0.995. The Hall–Kier alpha value is -1.35. The quantitative estimate of drug-likeness (QED) is 0.438. The number of benzene rings is 1. The van der Waals surface area contributed by atoms with Gasteiger partial charge in [-0.1, -0.05) is 29.8 Å². The van der Waals surface area contributed by atoms with Crippen LogP contribution in [0.1, 0.15) is 11.1 Å². The van der Waals surface area contributed by atoms with E-state index in [2.05, 4.69) is 0 Å². The maximum atomic E-state index is 10.5. The van der Waals surface area contributed by atoms with Crippen molar-refractivity contribution in [3.63, 3.8) is 0 Å². The highest BCUT2D eigenvalue weighted by Crippen LogP contribution is 2.09. The van der Waals surface area contributed by atoms with Gasteiger partial charge in [-0.3, -0.25) is 10.1 Å². The van der Waals surface area contributed by atoms with Crippen molar-refractivity contribution < 1.29 is 4.92 Å². The lowest BCUT2D eigenvalue weighted by Gasteiger charge is -1.95. The predicted molar refractivity (Wildman–Crippen MR) is 56.9 cm³/mol. The average Bonchev–Trinajstić information content (AvgIpc) is 2.16. The molecule has 0 aliphatic heterocycles. The van der Waals surface area contributed by atoms with E-state index >= 15 is 0 Å². The third-order valence-electron chi connectivity index (χ3n) is 1.78. The normalized spacial score (nSPS) is 11.4. The first-order valence-corrected chi connectivity index (χ1v) is 4.64. The number of halogens is 1. The van der Waals surface area contributed by atoms with Gasteiger partial charge in [0.05, 0.1) is 4.92 Å². The topological polar surface area (TPSA) is 43.1 Å². The second kappa shape index (κ2) is 4.77. The highest BCUT2D eigenvalue weighted by atomic mass is 35.5. The summed E-state index contributed by atoms with van der Waals surface area (Å²) in [5.41, 5.74) is 1.93. The number of alkyl halides is 1. The maximum absolute atomic E-state index is 10.5. The molecule has 74 valence electrons. The van der Waals surface area contributed by atoms with Gasteiger partial charge >= 0.3 is 0 Å². The van der Waals surface area contributed by atoms with E-state index in [0.717, 1.165) is 11.1 Å². The van der Waals surface area contributed by atoms with Gasteiger partial charge < -0.3 is 0 Å². The van der Waals surface area contributed by atoms with E-state index in [1.54, 1.807) is 0 Å². The molecule has 4 heteroatoms. The number of nitro groups is 1. The molecule has 0 saturated carbocycles. The molecule has 0 unspecified atom stereocenters. The molecule has 0 bridgehead atoms. The van der Waals surface area contributed by atoms with Crippen LogP contribution in [0.5, 0.6) is 0 Å². The minimum absolute atomic E-state index is 0.00974. The van der Waals surface area contributed by atoms with Crippen molar-refractivity contribution in [3.8, 4) is 0 Å². The Kier molecular flexibility index (Phi) is 3.65. The Balaban J connectivity index is 2.95. The van der Waals surface area contributed by atoms with Crippen LogP contribution < -0.4 is 0 Å². The molecule has 0 aromatic heterocycles. The summed E-state index contributed by atoms with van der Waals surface area (Å²) in [5.74, 6) is -0.0825. The SMILES string of the molecule is Cc1ccc(/C=C(\CCl)[N+](=O)[O-])cc1. The van der Waals surface area contributed by atoms with Crippen LogP contribution in [0.25, 0.3) is 6.08 Å². The first kappa shape index (κ1) is 10.7. The molecule has 0 amide bonds. The van der Waals surface area contributed by atoms with Crippen molar-refractivity contribution in [2.24, 2.45) is 0 Å². The molecule has 0 N–H and O–H groups in total. The molecule has 0 saturated heterocycles. The van der Waals surface area contributed by atoms with Crippen molar-refractivity contribution in [2.45, 2.75) is 6.92 Å². The first-order chi connectivity index (χ1) is 6.63. The van der Waals surface area contributed by atoms with Crippen molar-refractivity contribution >= 4 is 17.7 Å². The van der Waals surface area contributed by atoms with E-state index < -0.39 is 4.92 Å². The predicted octanol–water partition coefficient (Wildman–Crippen LogP) is 2.85. The summed E-state index contributed by atoms with van der Waals surface area (Å²) >= 11 is 5.43. The maximum Gasteiger partial charge on any atom is 0.261 e. The zero-order valence-electron chi connectivity index (χ0n) is 7.74. The van der Waals surface area contributed by atoms with Crippen LogP contribution in [0, 0.1) is 17.0 Å². The molecular formula is C10H10ClNO2. The van der Waals surface area contributed by atoms with Crippen molar-refractivity contribution in [3.05, 3.63) is 51.2 Å². The summed E-state index contributed by atoms with van der Waals surface area (Å²) in [6.07, 6.45) is 1.48. The summed E-state index contributed by atoms with van der Waals surface area (Å²) in [6.45, 7) is 1.96. The van der Waals surface area contributed by atoms with Gasteiger partial charge in [0.1, 0.15) is 5.88 Å². The first-order valence-electron chi connectivity index (χ1n) is 4.11. The van der Waals surface area contributed by atoms with Crippen molar-refractivity contribution in [2.75, 3.05) is 5.88 Å². The Morgan fingerprint density at radius 1 is 1.50 bits per heavy atom. The Morgan fingerprint density at radius 2 is 2.07 bits per heavy atom. The zero-order valence-corrected chi connectivity index (χ0v) is 8.49. The van der Waals surface area contributed by atoms with Gasteiger partial charge in [-0.2, -0.15) is 0 Å². The van der Waals surface area contributed by atoms with E-state index in [0.29, 0.717) is 0 Å². The summed E-state index contributed by atoms with van der Waals surface area (Å²) in [4.78, 5) is 9.99. The minimum atomic E-state index is -0.465. The van der Waals surface area contributed by atoms with Gasteiger partial charge in [-0.25, -0.2) is 0 Å². The van der Waals surface area contributed by atoms with E-state index in [1.165, 1.54) is 6.08 Å². The minimum Gasteiger partial charge on any atom is -0.259 e. The van der Waals surface area contributed by atoms with Gasteiger partial charge in [0.15, 0.2) is 0 Å². The Bertz CT molecular complexity index is 357. The van der Waals surface area contributed by atoms with Gasteiger partial charge in [0.25, 0.3) is 5.70 Å². The van der Waals surface area contributed by atoms with Crippen molar-refractivity contribution in [1.29, 1.82) is 0 Å². The van der Waals surface area contributed by atoms with E-state index in [4.69, 9.17) is 11.6 Å². The summed E-state index contributed by atoms with van der Waals surface area (Å²) in [7, 11) is 0. The molecule has 14 heavy (non-hydrogen) atoms. The molecule has 0 fully saturated rings. The van der Waals surface area contributed by atoms with Crippen LogP contribution in [0.3, 0.4) is 0 Å². The molecule has 0 heterocycles. The van der Waals surface area contributed by atoms with Gasteiger partial charge in [-0.05, 0) is 12.5 Å². The summed E-state index contributed by atoms with van der Waals surface area (Å²) < 4.78 is 0. The molecule has 1 aromatic rings. The molecule has 0 spiro atoms. The van der Waals surface area contributed by atoms with E-state index in [-0.39, 0.29) is 11.6 Å². The highest BCUT2D eigenvalue weighted by Gasteiger charge is 2.07. The molecule has 0 radical (unpaired) electrons.